The molecule has 1 unspecified atom stereocenters. The number of hydrogen-bond acceptors (Lipinski definition) is 3. The van der Waals surface area contributed by atoms with E-state index in [4.69, 9.17) is 4.74 Å². The van der Waals surface area contributed by atoms with Crippen molar-refractivity contribution < 1.29 is 9.53 Å². The largest absolute Gasteiger partial charge is 0.444 e. The van der Waals surface area contributed by atoms with Crippen molar-refractivity contribution >= 4 is 6.09 Å². The standard InChI is InChI=1S/C15H22N2O3/c1-10-8-11(9-16-13(10)18)12-6-5-7-17(12)14(19)20-15(2,3)4/h8-9,12H,5-7H2,1-4H3,(H,16,18). The van der Waals surface area contributed by atoms with Crippen LogP contribution < -0.4 is 5.56 Å². The number of ether oxygens (including phenoxy) is 1. The summed E-state index contributed by atoms with van der Waals surface area (Å²) >= 11 is 0. The number of likely N-dealkylation sites (tertiary alicyclic amines) is 1. The number of amides is 1. The second-order valence-corrected chi connectivity index (χ2v) is 6.28. The van der Waals surface area contributed by atoms with Crippen molar-refractivity contribution in [2.75, 3.05) is 6.54 Å². The van der Waals surface area contributed by atoms with E-state index in [2.05, 4.69) is 4.98 Å². The highest BCUT2D eigenvalue weighted by molar-refractivity contribution is 5.69. The van der Waals surface area contributed by atoms with Crippen LogP contribution >= 0.6 is 0 Å². The lowest BCUT2D eigenvalue weighted by Gasteiger charge is -2.28. The van der Waals surface area contributed by atoms with Gasteiger partial charge in [-0.05, 0) is 52.2 Å². The predicted octanol–water partition coefficient (Wildman–Crippen LogP) is 2.76. The van der Waals surface area contributed by atoms with E-state index in [1.807, 2.05) is 26.8 Å². The zero-order valence-corrected chi connectivity index (χ0v) is 12.5. The first-order chi connectivity index (χ1) is 9.28. The van der Waals surface area contributed by atoms with Gasteiger partial charge in [0.2, 0.25) is 0 Å². The fraction of sp³-hybridized carbons (Fsp3) is 0.600. The smallest absolute Gasteiger partial charge is 0.410 e. The number of H-pyrrole nitrogens is 1. The molecule has 5 nitrogen and oxygen atoms in total. The Hall–Kier alpha value is -1.78. The SMILES string of the molecule is Cc1cc(C2CCCN2C(=O)OC(C)(C)C)c[nH]c1=O. The van der Waals surface area contributed by atoms with Crippen molar-refractivity contribution in [3.8, 4) is 0 Å². The van der Waals surface area contributed by atoms with Crippen molar-refractivity contribution in [2.24, 2.45) is 0 Å². The van der Waals surface area contributed by atoms with Crippen LogP contribution in [0, 0.1) is 6.92 Å². The molecule has 1 atom stereocenters. The number of pyridine rings is 1. The van der Waals surface area contributed by atoms with Gasteiger partial charge in [-0.25, -0.2) is 4.79 Å². The van der Waals surface area contributed by atoms with E-state index in [1.165, 1.54) is 0 Å². The molecule has 2 heterocycles. The molecule has 1 aromatic heterocycles. The van der Waals surface area contributed by atoms with Gasteiger partial charge in [0.15, 0.2) is 0 Å². The summed E-state index contributed by atoms with van der Waals surface area (Å²) in [6.07, 6.45) is 3.25. The molecule has 5 heteroatoms. The normalized spacial score (nSPS) is 19.2. The molecule has 0 aliphatic carbocycles. The predicted molar refractivity (Wildman–Crippen MR) is 76.7 cm³/mol. The molecule has 1 N–H and O–H groups in total. The second-order valence-electron chi connectivity index (χ2n) is 6.28. The molecule has 1 aliphatic heterocycles. The molecule has 0 radical (unpaired) electrons. The number of nitrogens with one attached hydrogen (secondary N) is 1. The number of aryl methyl sites for hydroxylation is 1. The Morgan fingerprint density at radius 3 is 2.75 bits per heavy atom. The first kappa shape index (κ1) is 14.6. The maximum atomic E-state index is 12.2. The summed E-state index contributed by atoms with van der Waals surface area (Å²) in [6.45, 7) is 8.05. The summed E-state index contributed by atoms with van der Waals surface area (Å²) in [5, 5.41) is 0. The van der Waals surface area contributed by atoms with Crippen LogP contribution in [0.4, 0.5) is 4.79 Å². The minimum Gasteiger partial charge on any atom is -0.444 e. The molecular formula is C15H22N2O3. The molecule has 1 aliphatic rings. The second kappa shape index (κ2) is 5.31. The number of carbonyl (C=O) groups excluding carboxylic acids is 1. The quantitative estimate of drug-likeness (QED) is 0.859. The van der Waals surface area contributed by atoms with Crippen LogP contribution in [-0.4, -0.2) is 28.1 Å². The minimum absolute atomic E-state index is 0.0135. The van der Waals surface area contributed by atoms with Gasteiger partial charge in [-0.3, -0.25) is 4.79 Å². The maximum Gasteiger partial charge on any atom is 0.410 e. The van der Waals surface area contributed by atoms with Crippen molar-refractivity contribution in [3.63, 3.8) is 0 Å². The van der Waals surface area contributed by atoms with Crippen LogP contribution in [0.1, 0.15) is 50.8 Å². The molecule has 0 saturated carbocycles. The number of aromatic amines is 1. The monoisotopic (exact) mass is 278 g/mol. The molecule has 1 saturated heterocycles. The number of aromatic nitrogens is 1. The van der Waals surface area contributed by atoms with Gasteiger partial charge in [-0.15, -0.1) is 0 Å². The Morgan fingerprint density at radius 1 is 1.45 bits per heavy atom. The number of nitrogens with zero attached hydrogens (tertiary/aromatic N) is 1. The molecule has 2 rings (SSSR count). The highest BCUT2D eigenvalue weighted by Gasteiger charge is 2.33. The van der Waals surface area contributed by atoms with E-state index in [0.717, 1.165) is 18.4 Å². The molecule has 20 heavy (non-hydrogen) atoms. The molecular weight excluding hydrogens is 256 g/mol. The fourth-order valence-electron chi connectivity index (χ4n) is 2.46. The van der Waals surface area contributed by atoms with Crippen molar-refractivity contribution in [1.29, 1.82) is 0 Å². The van der Waals surface area contributed by atoms with E-state index in [-0.39, 0.29) is 17.7 Å². The molecule has 0 aromatic carbocycles. The van der Waals surface area contributed by atoms with E-state index >= 15 is 0 Å². The highest BCUT2D eigenvalue weighted by Crippen LogP contribution is 2.32. The fourth-order valence-corrected chi connectivity index (χ4v) is 2.46. The Kier molecular flexibility index (Phi) is 3.88. The van der Waals surface area contributed by atoms with E-state index in [1.54, 1.807) is 18.0 Å². The third-order valence-corrected chi connectivity index (χ3v) is 3.38. The number of hydrogen-bond donors (Lipinski definition) is 1. The molecule has 110 valence electrons. The number of carbonyl (C=O) groups is 1. The van der Waals surface area contributed by atoms with Gasteiger partial charge in [0.25, 0.3) is 5.56 Å². The van der Waals surface area contributed by atoms with Gasteiger partial charge in [-0.1, -0.05) is 0 Å². The van der Waals surface area contributed by atoms with Crippen LogP contribution in [0.15, 0.2) is 17.1 Å². The lowest BCUT2D eigenvalue weighted by Crippen LogP contribution is -2.36. The van der Waals surface area contributed by atoms with Gasteiger partial charge in [-0.2, -0.15) is 0 Å². The van der Waals surface area contributed by atoms with Crippen LogP contribution in [0.5, 0.6) is 0 Å². The number of rotatable bonds is 1. The Labute approximate surface area is 118 Å². The van der Waals surface area contributed by atoms with Gasteiger partial charge in [0.05, 0.1) is 6.04 Å². The summed E-state index contributed by atoms with van der Waals surface area (Å²) in [6, 6.07) is 1.84. The third-order valence-electron chi connectivity index (χ3n) is 3.38. The van der Waals surface area contributed by atoms with Crippen molar-refractivity contribution in [2.45, 2.75) is 52.2 Å². The van der Waals surface area contributed by atoms with Crippen LogP contribution in [0.2, 0.25) is 0 Å². The van der Waals surface area contributed by atoms with Gasteiger partial charge >= 0.3 is 6.09 Å². The molecule has 0 bridgehead atoms. The van der Waals surface area contributed by atoms with Gasteiger partial charge in [0, 0.05) is 18.3 Å². The van der Waals surface area contributed by atoms with E-state index < -0.39 is 5.60 Å². The first-order valence-electron chi connectivity index (χ1n) is 6.97. The van der Waals surface area contributed by atoms with E-state index in [9.17, 15) is 9.59 Å². The molecule has 1 amide bonds. The summed E-state index contributed by atoms with van der Waals surface area (Å²) in [7, 11) is 0. The molecule has 0 spiro atoms. The van der Waals surface area contributed by atoms with Crippen LogP contribution in [-0.2, 0) is 4.74 Å². The summed E-state index contributed by atoms with van der Waals surface area (Å²) < 4.78 is 5.44. The summed E-state index contributed by atoms with van der Waals surface area (Å²) in [5.74, 6) is 0. The third kappa shape index (κ3) is 3.21. The lowest BCUT2D eigenvalue weighted by molar-refractivity contribution is 0.0224. The average molecular weight is 278 g/mol. The van der Waals surface area contributed by atoms with Crippen molar-refractivity contribution in [1.82, 2.24) is 9.88 Å². The van der Waals surface area contributed by atoms with Gasteiger partial charge < -0.3 is 14.6 Å². The minimum atomic E-state index is -0.495. The van der Waals surface area contributed by atoms with Crippen LogP contribution in [0.25, 0.3) is 0 Å². The van der Waals surface area contributed by atoms with Crippen molar-refractivity contribution in [3.05, 3.63) is 33.7 Å². The zero-order valence-electron chi connectivity index (χ0n) is 12.5. The molecule has 1 aromatic rings. The first-order valence-corrected chi connectivity index (χ1v) is 6.97. The highest BCUT2D eigenvalue weighted by atomic mass is 16.6. The topological polar surface area (TPSA) is 62.4 Å². The molecule has 1 fully saturated rings. The average Bonchev–Trinajstić information content (AvgIpc) is 2.79. The zero-order chi connectivity index (χ0) is 14.9. The summed E-state index contributed by atoms with van der Waals surface area (Å²) in [5.41, 5.74) is 1.05. The summed E-state index contributed by atoms with van der Waals surface area (Å²) in [4.78, 5) is 28.1. The Bertz CT molecular complexity index is 557. The Morgan fingerprint density at radius 2 is 2.15 bits per heavy atom. The maximum absolute atomic E-state index is 12.2. The van der Waals surface area contributed by atoms with Gasteiger partial charge in [0.1, 0.15) is 5.60 Å². The van der Waals surface area contributed by atoms with Crippen LogP contribution in [0.3, 0.4) is 0 Å². The van der Waals surface area contributed by atoms with E-state index in [0.29, 0.717) is 12.1 Å². The Balaban J connectivity index is 2.20. The lowest BCUT2D eigenvalue weighted by atomic mass is 10.1.